The van der Waals surface area contributed by atoms with Crippen molar-refractivity contribution in [3.63, 3.8) is 0 Å². The van der Waals surface area contributed by atoms with E-state index in [0.29, 0.717) is 16.4 Å². The van der Waals surface area contributed by atoms with E-state index in [1.807, 2.05) is 0 Å². The van der Waals surface area contributed by atoms with E-state index < -0.39 is 0 Å². The number of rotatable bonds is 4. The van der Waals surface area contributed by atoms with Gasteiger partial charge in [0.2, 0.25) is 11.8 Å². The summed E-state index contributed by atoms with van der Waals surface area (Å²) in [5.74, 6) is -0.826. The van der Waals surface area contributed by atoms with Gasteiger partial charge >= 0.3 is 0 Å². The highest BCUT2D eigenvalue weighted by atomic mass is 35.5. The average Bonchev–Trinajstić information content (AvgIpc) is 2.32. The Hall–Kier alpha value is -1.30. The molecule has 0 aliphatic rings. The van der Waals surface area contributed by atoms with Crippen LogP contribution in [0.5, 0.6) is 0 Å². The summed E-state index contributed by atoms with van der Waals surface area (Å²) < 4.78 is 0. The maximum absolute atomic E-state index is 11.1. The first-order chi connectivity index (χ1) is 8.06. The lowest BCUT2D eigenvalue weighted by atomic mass is 10.2. The van der Waals surface area contributed by atoms with Crippen molar-refractivity contribution in [2.75, 3.05) is 23.1 Å². The van der Waals surface area contributed by atoms with Gasteiger partial charge in [0.1, 0.15) is 5.88 Å². The second kappa shape index (κ2) is 6.44. The number of alkyl halides is 1. The predicted molar refractivity (Wildman–Crippen MR) is 68.5 cm³/mol. The molecule has 0 bridgehead atoms. The minimum absolute atomic E-state index is 0.109. The van der Waals surface area contributed by atoms with E-state index in [1.165, 1.54) is 6.07 Å². The normalized spacial score (nSPS) is 9.82. The smallest absolute Gasteiger partial charge is 0.239 e. The largest absolute Gasteiger partial charge is 0.325 e. The van der Waals surface area contributed by atoms with E-state index in [0.717, 1.165) is 0 Å². The second-order valence-electron chi connectivity index (χ2n) is 3.13. The molecule has 0 aliphatic heterocycles. The van der Waals surface area contributed by atoms with E-state index in [9.17, 15) is 9.59 Å². The molecule has 4 N–H and O–H groups in total. The lowest BCUT2D eigenvalue weighted by Gasteiger charge is -2.08. The molecular weight excluding hydrogens is 265 g/mol. The number of halogens is 2. The van der Waals surface area contributed by atoms with Gasteiger partial charge < -0.3 is 16.4 Å². The molecule has 0 radical (unpaired) electrons. The molecule has 0 unspecified atom stereocenters. The summed E-state index contributed by atoms with van der Waals surface area (Å²) in [5, 5.41) is 5.36. The SMILES string of the molecule is NCC(=O)Nc1ccc(NC(=O)CCl)c(Cl)c1. The number of carbonyl (C=O) groups is 2. The summed E-state index contributed by atoms with van der Waals surface area (Å²) in [4.78, 5) is 22.1. The molecule has 5 nitrogen and oxygen atoms in total. The third-order valence-electron chi connectivity index (χ3n) is 1.83. The van der Waals surface area contributed by atoms with Gasteiger partial charge in [-0.3, -0.25) is 9.59 Å². The summed E-state index contributed by atoms with van der Waals surface area (Å²) in [6.07, 6.45) is 0. The van der Waals surface area contributed by atoms with E-state index in [2.05, 4.69) is 10.6 Å². The van der Waals surface area contributed by atoms with Crippen molar-refractivity contribution in [2.24, 2.45) is 5.73 Å². The molecule has 0 aromatic heterocycles. The molecule has 0 fully saturated rings. The van der Waals surface area contributed by atoms with Crippen LogP contribution in [0.2, 0.25) is 5.02 Å². The van der Waals surface area contributed by atoms with Crippen LogP contribution >= 0.6 is 23.2 Å². The molecule has 0 aliphatic carbocycles. The zero-order valence-electron chi connectivity index (χ0n) is 8.80. The Morgan fingerprint density at radius 2 is 1.94 bits per heavy atom. The van der Waals surface area contributed by atoms with Gasteiger partial charge in [-0.2, -0.15) is 0 Å². The number of nitrogens with one attached hydrogen (secondary N) is 2. The molecule has 92 valence electrons. The highest BCUT2D eigenvalue weighted by molar-refractivity contribution is 6.35. The highest BCUT2D eigenvalue weighted by Crippen LogP contribution is 2.25. The fraction of sp³-hybridized carbons (Fsp3) is 0.200. The number of anilines is 2. The van der Waals surface area contributed by atoms with Crippen molar-refractivity contribution in [3.8, 4) is 0 Å². The molecule has 0 saturated carbocycles. The first-order valence-corrected chi connectivity index (χ1v) is 5.63. The highest BCUT2D eigenvalue weighted by Gasteiger charge is 2.06. The molecule has 17 heavy (non-hydrogen) atoms. The van der Waals surface area contributed by atoms with Crippen molar-refractivity contribution in [3.05, 3.63) is 23.2 Å². The number of hydrogen-bond acceptors (Lipinski definition) is 3. The molecule has 2 amide bonds. The second-order valence-corrected chi connectivity index (χ2v) is 3.80. The van der Waals surface area contributed by atoms with Gasteiger partial charge in [0.25, 0.3) is 0 Å². The standard InChI is InChI=1S/C10H11Cl2N3O2/c11-4-9(16)15-8-2-1-6(3-7(8)12)14-10(17)5-13/h1-3H,4-5,13H2,(H,14,17)(H,15,16). The van der Waals surface area contributed by atoms with Gasteiger partial charge in [-0.1, -0.05) is 11.6 Å². The molecule has 0 heterocycles. The van der Waals surface area contributed by atoms with Crippen LogP contribution in [0.3, 0.4) is 0 Å². The van der Waals surface area contributed by atoms with Crippen molar-refractivity contribution in [1.82, 2.24) is 0 Å². The van der Waals surface area contributed by atoms with Crippen molar-refractivity contribution >= 4 is 46.4 Å². The maximum Gasteiger partial charge on any atom is 0.239 e. The Labute approximate surface area is 108 Å². The van der Waals surface area contributed by atoms with Crippen LogP contribution in [0, 0.1) is 0 Å². The zero-order valence-corrected chi connectivity index (χ0v) is 10.3. The monoisotopic (exact) mass is 275 g/mol. The van der Waals surface area contributed by atoms with Gasteiger partial charge in [0.15, 0.2) is 0 Å². The van der Waals surface area contributed by atoms with Crippen LogP contribution in [0.25, 0.3) is 0 Å². The van der Waals surface area contributed by atoms with Gasteiger partial charge in [0, 0.05) is 5.69 Å². The van der Waals surface area contributed by atoms with Crippen molar-refractivity contribution < 1.29 is 9.59 Å². The predicted octanol–water partition coefficient (Wildman–Crippen LogP) is 1.41. The molecular formula is C10H11Cl2N3O2. The van der Waals surface area contributed by atoms with E-state index in [1.54, 1.807) is 12.1 Å². The lowest BCUT2D eigenvalue weighted by Crippen LogP contribution is -2.21. The molecule has 1 aromatic rings. The van der Waals surface area contributed by atoms with Crippen LogP contribution < -0.4 is 16.4 Å². The summed E-state index contributed by atoms with van der Waals surface area (Å²) in [6, 6.07) is 4.68. The molecule has 7 heteroatoms. The Morgan fingerprint density at radius 3 is 2.47 bits per heavy atom. The van der Waals surface area contributed by atoms with Gasteiger partial charge in [0.05, 0.1) is 17.3 Å². The topological polar surface area (TPSA) is 84.2 Å². The third-order valence-corrected chi connectivity index (χ3v) is 2.39. The quantitative estimate of drug-likeness (QED) is 0.727. The number of benzene rings is 1. The molecule has 0 spiro atoms. The summed E-state index contributed by atoms with van der Waals surface area (Å²) in [5.41, 5.74) is 6.10. The number of hydrogen-bond donors (Lipinski definition) is 3. The van der Waals surface area contributed by atoms with Gasteiger partial charge in [-0.25, -0.2) is 0 Å². The maximum atomic E-state index is 11.1. The van der Waals surface area contributed by atoms with E-state index in [4.69, 9.17) is 28.9 Å². The van der Waals surface area contributed by atoms with Crippen LogP contribution in [-0.2, 0) is 9.59 Å². The Kier molecular flexibility index (Phi) is 5.21. The summed E-state index contributed by atoms with van der Waals surface area (Å²) in [6.45, 7) is -0.109. The first kappa shape index (κ1) is 13.8. The average molecular weight is 276 g/mol. The summed E-state index contributed by atoms with van der Waals surface area (Å²) in [7, 11) is 0. The van der Waals surface area contributed by atoms with E-state index >= 15 is 0 Å². The zero-order chi connectivity index (χ0) is 12.8. The lowest BCUT2D eigenvalue weighted by molar-refractivity contribution is -0.115. The molecule has 1 aromatic carbocycles. The van der Waals surface area contributed by atoms with Crippen LogP contribution in [-0.4, -0.2) is 24.2 Å². The molecule has 0 saturated heterocycles. The molecule has 0 atom stereocenters. The minimum atomic E-state index is -0.354. The van der Waals surface area contributed by atoms with Crippen molar-refractivity contribution in [1.29, 1.82) is 0 Å². The van der Waals surface area contributed by atoms with Crippen LogP contribution in [0.1, 0.15) is 0 Å². The van der Waals surface area contributed by atoms with Crippen molar-refractivity contribution in [2.45, 2.75) is 0 Å². The van der Waals surface area contributed by atoms with Gasteiger partial charge in [-0.15, -0.1) is 11.6 Å². The molecule has 1 rings (SSSR count). The summed E-state index contributed by atoms with van der Waals surface area (Å²) >= 11 is 11.3. The Balaban J connectivity index is 2.79. The fourth-order valence-corrected chi connectivity index (χ4v) is 1.38. The number of amides is 2. The number of carbonyl (C=O) groups excluding carboxylic acids is 2. The van der Waals surface area contributed by atoms with Crippen LogP contribution in [0.15, 0.2) is 18.2 Å². The fourth-order valence-electron chi connectivity index (χ4n) is 1.09. The van der Waals surface area contributed by atoms with Crippen LogP contribution in [0.4, 0.5) is 11.4 Å². The minimum Gasteiger partial charge on any atom is -0.325 e. The third kappa shape index (κ3) is 4.22. The number of nitrogens with two attached hydrogens (primary N) is 1. The Bertz CT molecular complexity index is 438. The first-order valence-electron chi connectivity index (χ1n) is 4.72. The Morgan fingerprint density at radius 1 is 1.24 bits per heavy atom. The van der Waals surface area contributed by atoms with Gasteiger partial charge in [-0.05, 0) is 18.2 Å². The van der Waals surface area contributed by atoms with E-state index in [-0.39, 0.29) is 24.2 Å².